The van der Waals surface area contributed by atoms with E-state index in [1.54, 1.807) is 0 Å². The maximum absolute atomic E-state index is 4.69. The average molecular weight is 687 g/mol. The van der Waals surface area contributed by atoms with Gasteiger partial charge in [0.25, 0.3) is 0 Å². The number of aromatic nitrogens is 2. The number of para-hydroxylation sites is 3. The van der Waals surface area contributed by atoms with E-state index in [-0.39, 0.29) is 0 Å². The maximum atomic E-state index is 4.69. The molecule has 0 saturated carbocycles. The first kappa shape index (κ1) is 30.1. The van der Waals surface area contributed by atoms with Crippen LogP contribution in [-0.4, -0.2) is 9.55 Å². The van der Waals surface area contributed by atoms with Gasteiger partial charge in [-0.2, -0.15) is 0 Å². The second-order valence-corrected chi connectivity index (χ2v) is 14.9. The van der Waals surface area contributed by atoms with E-state index in [4.69, 9.17) is 4.98 Å². The summed E-state index contributed by atoms with van der Waals surface area (Å²) in [5.41, 5.74) is 13.0. The number of hydrogen-bond donors (Lipinski definition) is 0. The highest BCUT2D eigenvalue weighted by Crippen LogP contribution is 2.50. The standard InChI is InChI=1S/C47H30N2S2/c1-2-13-33(14-3-1)49-42-21-7-4-15-35(42)39-19-12-18-34(47(39)49)31-25-27-45-40(29-31)37-17-6-9-23-44(37)50-43-22-8-5-16-36(43)38-26-24-32(30-46(38)51-45)41-20-10-11-28-48-41/h1-30H. The van der Waals surface area contributed by atoms with E-state index in [2.05, 4.69) is 174 Å². The smallest absolute Gasteiger partial charge is 0.0702 e. The molecule has 2 nitrogen and oxygen atoms in total. The summed E-state index contributed by atoms with van der Waals surface area (Å²) in [6.45, 7) is 0. The Balaban J connectivity index is 1.22. The average Bonchev–Trinajstić information content (AvgIpc) is 3.54. The van der Waals surface area contributed by atoms with Gasteiger partial charge in [0.05, 0.1) is 16.7 Å². The van der Waals surface area contributed by atoms with Crippen molar-refractivity contribution in [2.75, 3.05) is 0 Å². The normalized spacial score (nSPS) is 12.2. The molecule has 0 fully saturated rings. The summed E-state index contributed by atoms with van der Waals surface area (Å²) in [4.78, 5) is 9.62. The second kappa shape index (κ2) is 12.5. The van der Waals surface area contributed by atoms with Crippen molar-refractivity contribution in [2.24, 2.45) is 0 Å². The predicted molar refractivity (Wildman–Crippen MR) is 215 cm³/mol. The van der Waals surface area contributed by atoms with Gasteiger partial charge in [0, 0.05) is 53.4 Å². The van der Waals surface area contributed by atoms with Crippen LogP contribution >= 0.6 is 23.5 Å². The number of hydrogen-bond acceptors (Lipinski definition) is 3. The molecule has 0 spiro atoms. The first-order valence-corrected chi connectivity index (χ1v) is 18.8. The Hall–Kier alpha value is -5.81. The molecule has 51 heavy (non-hydrogen) atoms. The van der Waals surface area contributed by atoms with Crippen LogP contribution in [0.3, 0.4) is 0 Å². The molecular formula is C47H30N2S2. The summed E-state index contributed by atoms with van der Waals surface area (Å²) < 4.78 is 2.43. The minimum absolute atomic E-state index is 0.975. The van der Waals surface area contributed by atoms with Crippen LogP contribution in [0.25, 0.3) is 72.1 Å². The molecule has 1 aliphatic heterocycles. The fourth-order valence-corrected chi connectivity index (χ4v) is 9.64. The lowest BCUT2D eigenvalue weighted by Gasteiger charge is -2.21. The predicted octanol–water partition coefficient (Wildman–Crippen LogP) is 13.5. The molecule has 3 heterocycles. The molecule has 0 aliphatic carbocycles. The Morgan fingerprint density at radius 3 is 1.84 bits per heavy atom. The van der Waals surface area contributed by atoms with Gasteiger partial charge in [-0.1, -0.05) is 139 Å². The summed E-state index contributed by atoms with van der Waals surface area (Å²) in [6, 6.07) is 63.9. The number of pyridine rings is 1. The van der Waals surface area contributed by atoms with E-state index in [1.807, 2.05) is 35.8 Å². The third-order valence-electron chi connectivity index (χ3n) is 9.74. The van der Waals surface area contributed by atoms with Gasteiger partial charge in [0.15, 0.2) is 0 Å². The first-order valence-electron chi connectivity index (χ1n) is 17.1. The van der Waals surface area contributed by atoms with E-state index >= 15 is 0 Å². The molecule has 10 rings (SSSR count). The number of fused-ring (bicyclic) bond motifs is 9. The summed E-state index contributed by atoms with van der Waals surface area (Å²) in [5.74, 6) is 0. The van der Waals surface area contributed by atoms with Gasteiger partial charge in [-0.25, -0.2) is 0 Å². The third kappa shape index (κ3) is 5.18. The molecule has 0 radical (unpaired) electrons. The van der Waals surface area contributed by atoms with Crippen molar-refractivity contribution >= 4 is 45.3 Å². The van der Waals surface area contributed by atoms with Crippen molar-refractivity contribution in [3.63, 3.8) is 0 Å². The molecule has 0 N–H and O–H groups in total. The van der Waals surface area contributed by atoms with Gasteiger partial charge in [0.1, 0.15) is 0 Å². The monoisotopic (exact) mass is 686 g/mol. The highest BCUT2D eigenvalue weighted by atomic mass is 32.2. The Morgan fingerprint density at radius 1 is 0.392 bits per heavy atom. The van der Waals surface area contributed by atoms with Crippen molar-refractivity contribution in [3.8, 4) is 50.3 Å². The van der Waals surface area contributed by atoms with Gasteiger partial charge in [-0.3, -0.25) is 4.98 Å². The van der Waals surface area contributed by atoms with Gasteiger partial charge in [0.2, 0.25) is 0 Å². The van der Waals surface area contributed by atoms with E-state index in [0.717, 1.165) is 16.9 Å². The Kier molecular flexibility index (Phi) is 7.37. The molecule has 0 bridgehead atoms. The zero-order chi connectivity index (χ0) is 33.7. The van der Waals surface area contributed by atoms with Crippen molar-refractivity contribution in [1.29, 1.82) is 0 Å². The van der Waals surface area contributed by atoms with Crippen LogP contribution in [0.1, 0.15) is 0 Å². The number of benzene rings is 7. The molecule has 4 heteroatoms. The molecule has 2 aromatic heterocycles. The number of rotatable bonds is 3. The lowest BCUT2D eigenvalue weighted by molar-refractivity contribution is 1.18. The SMILES string of the molecule is c1ccc(-n2c3ccccc3c3cccc(-c4ccc5c(c4)-c4ccccc4Sc4ccccc4-c4ccc(-c6ccccn6)cc4S5)c32)cc1. The van der Waals surface area contributed by atoms with Crippen molar-refractivity contribution in [3.05, 3.63) is 182 Å². The zero-order valence-corrected chi connectivity index (χ0v) is 29.2. The maximum Gasteiger partial charge on any atom is 0.0702 e. The molecule has 0 amide bonds. The molecule has 0 atom stereocenters. The van der Waals surface area contributed by atoms with Gasteiger partial charge in [-0.15, -0.1) is 0 Å². The number of nitrogens with zero attached hydrogens (tertiary/aromatic N) is 2. The Morgan fingerprint density at radius 2 is 1.02 bits per heavy atom. The topological polar surface area (TPSA) is 17.8 Å². The summed E-state index contributed by atoms with van der Waals surface area (Å²) >= 11 is 3.69. The van der Waals surface area contributed by atoms with Crippen LogP contribution in [0, 0.1) is 0 Å². The fraction of sp³-hybridized carbons (Fsp3) is 0. The van der Waals surface area contributed by atoms with Crippen molar-refractivity contribution in [2.45, 2.75) is 19.6 Å². The highest BCUT2D eigenvalue weighted by molar-refractivity contribution is 8.00. The lowest BCUT2D eigenvalue weighted by atomic mass is 9.97. The van der Waals surface area contributed by atoms with E-state index in [0.29, 0.717) is 0 Å². The summed E-state index contributed by atoms with van der Waals surface area (Å²) in [5, 5.41) is 2.51. The lowest BCUT2D eigenvalue weighted by Crippen LogP contribution is -1.96. The van der Waals surface area contributed by atoms with Crippen LogP contribution < -0.4 is 0 Å². The largest absolute Gasteiger partial charge is 0.309 e. The quantitative estimate of drug-likeness (QED) is 0.184. The molecule has 1 aliphatic rings. The van der Waals surface area contributed by atoms with E-state index in [9.17, 15) is 0 Å². The van der Waals surface area contributed by atoms with Gasteiger partial charge >= 0.3 is 0 Å². The molecule has 0 unspecified atom stereocenters. The first-order chi connectivity index (χ1) is 25.3. The Labute approximate surface area is 305 Å². The molecule has 240 valence electrons. The van der Waals surface area contributed by atoms with E-state index in [1.165, 1.54) is 74.8 Å². The third-order valence-corrected chi connectivity index (χ3v) is 12.0. The highest BCUT2D eigenvalue weighted by Gasteiger charge is 2.22. The minimum Gasteiger partial charge on any atom is -0.309 e. The van der Waals surface area contributed by atoms with Crippen LogP contribution in [0.2, 0.25) is 0 Å². The fourth-order valence-electron chi connectivity index (χ4n) is 7.41. The van der Waals surface area contributed by atoms with Gasteiger partial charge in [-0.05, 0) is 88.5 Å². The molecule has 7 aromatic carbocycles. The van der Waals surface area contributed by atoms with Crippen LogP contribution in [0.15, 0.2) is 202 Å². The summed E-state index contributed by atoms with van der Waals surface area (Å²) in [6.07, 6.45) is 1.87. The van der Waals surface area contributed by atoms with Gasteiger partial charge < -0.3 is 4.57 Å². The van der Waals surface area contributed by atoms with E-state index < -0.39 is 0 Å². The van der Waals surface area contributed by atoms with Crippen molar-refractivity contribution in [1.82, 2.24) is 9.55 Å². The molecular weight excluding hydrogens is 657 g/mol. The van der Waals surface area contributed by atoms with Crippen LogP contribution in [0.5, 0.6) is 0 Å². The molecule has 0 saturated heterocycles. The summed E-state index contributed by atoms with van der Waals surface area (Å²) in [7, 11) is 0. The minimum atomic E-state index is 0.975. The van der Waals surface area contributed by atoms with Crippen molar-refractivity contribution < 1.29 is 0 Å². The zero-order valence-electron chi connectivity index (χ0n) is 27.5. The second-order valence-electron chi connectivity index (χ2n) is 12.7. The Bertz CT molecular complexity index is 2750. The van der Waals surface area contributed by atoms with Crippen LogP contribution in [-0.2, 0) is 0 Å². The molecule has 9 aromatic rings. The van der Waals surface area contributed by atoms with Crippen LogP contribution in [0.4, 0.5) is 0 Å².